The number of carbonyl (C=O) groups excluding carboxylic acids is 1. The minimum absolute atomic E-state index is 0.174. The Morgan fingerprint density at radius 3 is 3.00 bits per heavy atom. The van der Waals surface area contributed by atoms with Gasteiger partial charge in [0.05, 0.1) is 18.3 Å². The van der Waals surface area contributed by atoms with E-state index in [1.165, 1.54) is 0 Å². The van der Waals surface area contributed by atoms with E-state index in [0.717, 1.165) is 5.57 Å². The molecule has 0 fully saturated rings. The van der Waals surface area contributed by atoms with Crippen molar-refractivity contribution in [2.24, 2.45) is 11.0 Å². The van der Waals surface area contributed by atoms with Gasteiger partial charge in [-0.05, 0) is 18.2 Å². The first-order valence-corrected chi connectivity index (χ1v) is 7.93. The Labute approximate surface area is 139 Å². The molecule has 0 aromatic heterocycles. The number of hydrogen-bond donors (Lipinski definition) is 2. The molecule has 0 radical (unpaired) electrons. The van der Waals surface area contributed by atoms with Crippen molar-refractivity contribution in [3.05, 3.63) is 60.3 Å². The molecule has 1 aliphatic carbocycles. The summed E-state index contributed by atoms with van der Waals surface area (Å²) in [6.07, 6.45) is 11.4. The van der Waals surface area contributed by atoms with Crippen molar-refractivity contribution < 1.29 is 19.6 Å². The number of amides is 1. The zero-order valence-corrected chi connectivity index (χ0v) is 13.0. The third-order valence-corrected chi connectivity index (χ3v) is 4.26. The third kappa shape index (κ3) is 2.83. The first-order valence-electron chi connectivity index (χ1n) is 7.93. The molecule has 2 heterocycles. The molecule has 3 N–H and O–H groups in total. The topological polar surface area (TPSA) is 76.5 Å². The van der Waals surface area contributed by atoms with E-state index in [1.807, 2.05) is 36.6 Å². The molecular weight excluding hydrogens is 306 g/mol. The molecule has 4 rings (SSSR count). The minimum atomic E-state index is -0.702. The summed E-state index contributed by atoms with van der Waals surface area (Å²) in [5.74, 6) is 1.21. The fourth-order valence-corrected chi connectivity index (χ4v) is 3.00. The van der Waals surface area contributed by atoms with Crippen LogP contribution in [0.4, 0.5) is 0 Å². The van der Waals surface area contributed by atoms with Gasteiger partial charge in [0, 0.05) is 5.57 Å². The zero-order valence-electron chi connectivity index (χ0n) is 13.0. The number of allylic oxidation sites excluding steroid dienone is 2. The van der Waals surface area contributed by atoms with Crippen LogP contribution in [0.5, 0.6) is 11.5 Å². The maximum absolute atomic E-state index is 12.2. The summed E-state index contributed by atoms with van der Waals surface area (Å²) in [4.78, 5) is 12.2. The van der Waals surface area contributed by atoms with Gasteiger partial charge in [0.2, 0.25) is 6.10 Å². The highest BCUT2D eigenvalue weighted by Gasteiger charge is 2.30. The number of benzene rings is 1. The van der Waals surface area contributed by atoms with Crippen LogP contribution in [0.1, 0.15) is 0 Å². The van der Waals surface area contributed by atoms with Crippen molar-refractivity contribution in [2.45, 2.75) is 12.1 Å². The lowest BCUT2D eigenvalue weighted by molar-refractivity contribution is -0.609. The molecule has 2 aliphatic heterocycles. The summed E-state index contributed by atoms with van der Waals surface area (Å²) in [5.41, 5.74) is 3.61. The summed E-state index contributed by atoms with van der Waals surface area (Å²) in [5, 5.41) is 6.21. The van der Waals surface area contributed by atoms with Crippen molar-refractivity contribution in [3.63, 3.8) is 0 Å². The second-order valence-corrected chi connectivity index (χ2v) is 5.83. The molecule has 6 nitrogen and oxygen atoms in total. The number of nitrogens with one attached hydrogen (secondary N) is 1. The van der Waals surface area contributed by atoms with Gasteiger partial charge in [0.15, 0.2) is 11.5 Å². The van der Waals surface area contributed by atoms with Gasteiger partial charge >= 0.3 is 0 Å². The monoisotopic (exact) mass is 324 g/mol. The molecule has 24 heavy (non-hydrogen) atoms. The second-order valence-electron chi connectivity index (χ2n) is 5.83. The van der Waals surface area contributed by atoms with Crippen molar-refractivity contribution in [1.29, 1.82) is 0 Å². The number of nitrogens with two attached hydrogens (primary N) is 1. The lowest BCUT2D eigenvalue weighted by Gasteiger charge is -2.24. The van der Waals surface area contributed by atoms with Gasteiger partial charge < -0.3 is 14.8 Å². The van der Waals surface area contributed by atoms with Crippen LogP contribution in [0.3, 0.4) is 0 Å². The number of rotatable bonds is 3. The van der Waals surface area contributed by atoms with Crippen LogP contribution in [-0.4, -0.2) is 30.9 Å². The molecular formula is C18H18N3O3+. The van der Waals surface area contributed by atoms with E-state index in [0.29, 0.717) is 23.5 Å². The summed E-state index contributed by atoms with van der Waals surface area (Å²) in [7, 11) is 0. The fourth-order valence-electron chi connectivity index (χ4n) is 3.00. The van der Waals surface area contributed by atoms with Crippen molar-refractivity contribution in [3.8, 4) is 11.5 Å². The van der Waals surface area contributed by atoms with Crippen molar-refractivity contribution in [1.82, 2.24) is 5.43 Å². The number of para-hydroxylation sites is 2. The molecule has 0 spiro atoms. The number of quaternary nitrogens is 1. The Morgan fingerprint density at radius 1 is 1.25 bits per heavy atom. The highest BCUT2D eigenvalue weighted by Crippen LogP contribution is 2.30. The smallest absolute Gasteiger partial charge is 0.284 e. The van der Waals surface area contributed by atoms with E-state index < -0.39 is 6.10 Å². The van der Waals surface area contributed by atoms with Gasteiger partial charge in [0.1, 0.15) is 12.6 Å². The van der Waals surface area contributed by atoms with E-state index in [-0.39, 0.29) is 12.5 Å². The molecule has 3 aliphatic rings. The summed E-state index contributed by atoms with van der Waals surface area (Å²) in [6.45, 7) is 0.174. The average molecular weight is 324 g/mol. The molecule has 6 heteroatoms. The van der Waals surface area contributed by atoms with Crippen LogP contribution in [0.2, 0.25) is 0 Å². The molecule has 1 amide bonds. The van der Waals surface area contributed by atoms with Gasteiger partial charge in [-0.2, -0.15) is 5.10 Å². The number of ether oxygens (including phenoxy) is 2. The molecule has 3 atom stereocenters. The first-order chi connectivity index (χ1) is 11.8. The highest BCUT2D eigenvalue weighted by molar-refractivity contribution is 5.85. The average Bonchev–Trinajstić information content (AvgIpc) is 3.04. The molecule has 0 saturated heterocycles. The molecule has 1 aromatic rings. The molecule has 0 bridgehead atoms. The maximum atomic E-state index is 12.2. The number of carbonyl (C=O) groups is 1. The van der Waals surface area contributed by atoms with E-state index in [4.69, 9.17) is 9.47 Å². The molecule has 1 aromatic carbocycles. The number of hydrazone groups is 1. The van der Waals surface area contributed by atoms with Crippen LogP contribution in [-0.2, 0) is 4.79 Å². The standard InChI is InChI=1S/C18H17N3O3/c22-18(17-11-23-15-7-3-4-8-16(15)24-17)21-20-10-12-9-19-14-6-2-1-5-13(12)14/h1-10,13-14,17,19H,11H2,(H,21,22)/p+1/b20-10-/t13-,14-,17+/m1/s1. The summed E-state index contributed by atoms with van der Waals surface area (Å²) in [6, 6.07) is 7.68. The quantitative estimate of drug-likeness (QED) is 0.628. The van der Waals surface area contributed by atoms with Crippen LogP contribution in [0, 0.1) is 5.92 Å². The summed E-state index contributed by atoms with van der Waals surface area (Å²) < 4.78 is 11.2. The van der Waals surface area contributed by atoms with Crippen molar-refractivity contribution >= 4 is 12.1 Å². The van der Waals surface area contributed by atoms with Crippen LogP contribution >= 0.6 is 0 Å². The van der Waals surface area contributed by atoms with Gasteiger partial charge in [-0.3, -0.25) is 4.79 Å². The minimum Gasteiger partial charge on any atom is -0.485 e. The highest BCUT2D eigenvalue weighted by atomic mass is 16.6. The first kappa shape index (κ1) is 14.7. The normalized spacial score (nSPS) is 27.0. The lowest BCUT2D eigenvalue weighted by Crippen LogP contribution is -2.83. The van der Waals surface area contributed by atoms with Crippen LogP contribution in [0.15, 0.2) is 65.4 Å². The Balaban J connectivity index is 1.34. The number of nitrogens with zero attached hydrogens (tertiary/aromatic N) is 1. The van der Waals surface area contributed by atoms with Gasteiger partial charge in [-0.25, -0.2) is 5.43 Å². The number of hydrogen-bond acceptors (Lipinski definition) is 4. The van der Waals surface area contributed by atoms with E-state index in [1.54, 1.807) is 12.3 Å². The molecule has 122 valence electrons. The van der Waals surface area contributed by atoms with Crippen LogP contribution in [0.25, 0.3) is 0 Å². The SMILES string of the molecule is O=C(N/N=C\C1=C[NH2+][C@@H]2C=CC=C[C@H]12)[C@@H]1COc2ccccc2O1. The largest absolute Gasteiger partial charge is 0.485 e. The Morgan fingerprint density at radius 2 is 2.08 bits per heavy atom. The lowest BCUT2D eigenvalue weighted by atomic mass is 9.92. The number of fused-ring (bicyclic) bond motifs is 2. The van der Waals surface area contributed by atoms with Gasteiger partial charge in [-0.1, -0.05) is 30.4 Å². The predicted octanol–water partition coefficient (Wildman–Crippen LogP) is 0.500. The second kappa shape index (κ2) is 6.33. The van der Waals surface area contributed by atoms with Crippen molar-refractivity contribution in [2.75, 3.05) is 6.61 Å². The summed E-state index contributed by atoms with van der Waals surface area (Å²) >= 11 is 0. The molecule has 0 saturated carbocycles. The Kier molecular flexibility index (Phi) is 3.88. The van der Waals surface area contributed by atoms with E-state index >= 15 is 0 Å². The van der Waals surface area contributed by atoms with E-state index in [2.05, 4.69) is 28.0 Å². The van der Waals surface area contributed by atoms with Gasteiger partial charge in [0.25, 0.3) is 5.91 Å². The zero-order chi connectivity index (χ0) is 16.4. The Bertz CT molecular complexity index is 767. The fraction of sp³-hybridized carbons (Fsp3) is 0.222. The third-order valence-electron chi connectivity index (χ3n) is 4.26. The maximum Gasteiger partial charge on any atom is 0.284 e. The predicted molar refractivity (Wildman–Crippen MR) is 88.6 cm³/mol. The Hall–Kier alpha value is -2.86. The molecule has 0 unspecified atom stereocenters. The van der Waals surface area contributed by atoms with Crippen LogP contribution < -0.4 is 20.2 Å². The van der Waals surface area contributed by atoms with E-state index in [9.17, 15) is 4.79 Å². The van der Waals surface area contributed by atoms with Gasteiger partial charge in [-0.15, -0.1) is 0 Å².